The van der Waals surface area contributed by atoms with E-state index in [0.29, 0.717) is 5.57 Å². The first kappa shape index (κ1) is 10.0. The Hall–Kier alpha value is -0.990. The molecular weight excluding hydrogens is 134 g/mol. The second kappa shape index (κ2) is 5.77. The summed E-state index contributed by atoms with van der Waals surface area (Å²) in [5.74, 6) is 0. The second-order valence-corrected chi connectivity index (χ2v) is 2.75. The van der Waals surface area contributed by atoms with Gasteiger partial charge in [0, 0.05) is 0 Å². The number of nitriles is 1. The maximum absolute atomic E-state index is 8.45. The fourth-order valence-corrected chi connectivity index (χ4v) is 0.852. The largest absolute Gasteiger partial charge is 0.192 e. The molecule has 0 spiro atoms. The topological polar surface area (TPSA) is 23.8 Å². The summed E-state index contributed by atoms with van der Waals surface area (Å²) < 4.78 is 0. The summed E-state index contributed by atoms with van der Waals surface area (Å²) in [7, 11) is 0. The van der Waals surface area contributed by atoms with Crippen LogP contribution in [0, 0.1) is 11.3 Å². The highest BCUT2D eigenvalue weighted by Gasteiger charge is 1.87. The zero-order valence-corrected chi connectivity index (χ0v) is 7.57. The minimum atomic E-state index is 0.679. The fraction of sp³-hybridized carbons (Fsp3) is 0.600. The Morgan fingerprint density at radius 2 is 2.00 bits per heavy atom. The number of nitrogens with zero attached hydrogens (tertiary/aromatic N) is 1. The van der Waals surface area contributed by atoms with E-state index in [1.165, 1.54) is 18.4 Å². The maximum atomic E-state index is 8.45. The molecule has 0 saturated carbocycles. The average molecular weight is 149 g/mol. The van der Waals surface area contributed by atoms with Crippen LogP contribution in [0.3, 0.4) is 0 Å². The third-order valence-corrected chi connectivity index (χ3v) is 1.47. The Morgan fingerprint density at radius 3 is 2.45 bits per heavy atom. The molecule has 0 saturated heterocycles. The summed E-state index contributed by atoms with van der Waals surface area (Å²) >= 11 is 0. The van der Waals surface area contributed by atoms with Crippen molar-refractivity contribution >= 4 is 0 Å². The van der Waals surface area contributed by atoms with Crippen LogP contribution < -0.4 is 0 Å². The molecule has 1 heteroatoms. The molecule has 0 rings (SSSR count). The standard InChI is InChI=1S/C10H15N/c1-4-5-6-9(2)7-10(3)8-11/h4-6H2,1-3H3. The number of hydrogen-bond donors (Lipinski definition) is 0. The lowest BCUT2D eigenvalue weighted by Gasteiger charge is -1.93. The smallest absolute Gasteiger partial charge is 0.103 e. The van der Waals surface area contributed by atoms with Crippen molar-refractivity contribution in [3.8, 4) is 6.07 Å². The molecule has 0 aliphatic heterocycles. The van der Waals surface area contributed by atoms with Crippen molar-refractivity contribution in [2.75, 3.05) is 0 Å². The molecule has 0 fully saturated rings. The zero-order chi connectivity index (χ0) is 8.69. The molecule has 0 aromatic rings. The van der Waals surface area contributed by atoms with E-state index in [1.54, 1.807) is 6.92 Å². The highest BCUT2D eigenvalue weighted by Crippen LogP contribution is 2.04. The van der Waals surface area contributed by atoms with Gasteiger partial charge in [0.2, 0.25) is 0 Å². The molecule has 0 amide bonds. The molecular formula is C10H15N. The summed E-state index contributed by atoms with van der Waals surface area (Å²) in [6, 6.07) is 2.06. The van der Waals surface area contributed by atoms with Crippen LogP contribution in [-0.4, -0.2) is 0 Å². The number of rotatable bonds is 3. The van der Waals surface area contributed by atoms with Crippen molar-refractivity contribution in [2.24, 2.45) is 0 Å². The molecule has 11 heavy (non-hydrogen) atoms. The maximum Gasteiger partial charge on any atom is 0.103 e. The Bertz CT molecular complexity index is 212. The van der Waals surface area contributed by atoms with E-state index in [2.05, 4.69) is 18.7 Å². The quantitative estimate of drug-likeness (QED) is 0.446. The lowest BCUT2D eigenvalue weighted by molar-refractivity contribution is 0.788. The van der Waals surface area contributed by atoms with Crippen LogP contribution in [0.5, 0.6) is 0 Å². The van der Waals surface area contributed by atoms with Crippen LogP contribution in [0.15, 0.2) is 16.9 Å². The lowest BCUT2D eigenvalue weighted by atomic mass is 10.1. The monoisotopic (exact) mass is 149 g/mol. The molecule has 1 nitrogen and oxygen atoms in total. The summed E-state index contributed by atoms with van der Waals surface area (Å²) in [4.78, 5) is 0. The van der Waals surface area contributed by atoms with Gasteiger partial charge in [-0.1, -0.05) is 13.3 Å². The Labute approximate surface area is 69.0 Å². The van der Waals surface area contributed by atoms with Crippen molar-refractivity contribution in [3.05, 3.63) is 16.9 Å². The summed E-state index contributed by atoms with van der Waals surface area (Å²) in [5.41, 5.74) is 4.90. The molecule has 0 radical (unpaired) electrons. The van der Waals surface area contributed by atoms with Gasteiger partial charge in [-0.3, -0.25) is 0 Å². The normalized spacial score (nSPS) is 8.18. The van der Waals surface area contributed by atoms with E-state index >= 15 is 0 Å². The lowest BCUT2D eigenvalue weighted by Crippen LogP contribution is -1.75. The van der Waals surface area contributed by atoms with Gasteiger partial charge in [0.1, 0.15) is 6.07 Å². The van der Waals surface area contributed by atoms with Crippen molar-refractivity contribution in [3.63, 3.8) is 0 Å². The van der Waals surface area contributed by atoms with E-state index in [0.717, 1.165) is 6.42 Å². The van der Waals surface area contributed by atoms with Gasteiger partial charge in [0.05, 0.1) is 5.57 Å². The highest BCUT2D eigenvalue weighted by molar-refractivity contribution is 5.19. The van der Waals surface area contributed by atoms with Gasteiger partial charge in [-0.2, -0.15) is 5.26 Å². The third kappa shape index (κ3) is 5.45. The van der Waals surface area contributed by atoms with Gasteiger partial charge in [0.25, 0.3) is 0 Å². The molecule has 0 aromatic heterocycles. The average Bonchev–Trinajstić information content (AvgIpc) is 2.00. The van der Waals surface area contributed by atoms with Crippen molar-refractivity contribution in [1.29, 1.82) is 5.26 Å². The number of allylic oxidation sites excluding steroid dienone is 1. The van der Waals surface area contributed by atoms with Crippen LogP contribution >= 0.6 is 0 Å². The Kier molecular flexibility index (Phi) is 5.25. The van der Waals surface area contributed by atoms with Crippen LogP contribution in [0.25, 0.3) is 0 Å². The molecule has 0 unspecified atom stereocenters. The van der Waals surface area contributed by atoms with Crippen LogP contribution in [-0.2, 0) is 0 Å². The van der Waals surface area contributed by atoms with Crippen LogP contribution in [0.2, 0.25) is 0 Å². The first-order chi connectivity index (χ1) is 5.20. The fourth-order valence-electron chi connectivity index (χ4n) is 0.852. The van der Waals surface area contributed by atoms with Gasteiger partial charge < -0.3 is 0 Å². The third-order valence-electron chi connectivity index (χ3n) is 1.47. The van der Waals surface area contributed by atoms with E-state index in [-0.39, 0.29) is 0 Å². The second-order valence-electron chi connectivity index (χ2n) is 2.75. The van der Waals surface area contributed by atoms with Gasteiger partial charge in [0.15, 0.2) is 0 Å². The summed E-state index contributed by atoms with van der Waals surface area (Å²) in [5, 5.41) is 8.45. The zero-order valence-electron chi connectivity index (χ0n) is 7.57. The van der Waals surface area contributed by atoms with Crippen LogP contribution in [0.1, 0.15) is 40.0 Å². The molecule has 0 aliphatic carbocycles. The van der Waals surface area contributed by atoms with Gasteiger partial charge >= 0.3 is 0 Å². The Balaban J connectivity index is 4.12. The van der Waals surface area contributed by atoms with Gasteiger partial charge in [-0.25, -0.2) is 0 Å². The Morgan fingerprint density at radius 1 is 1.36 bits per heavy atom. The predicted molar refractivity (Wildman–Crippen MR) is 47.0 cm³/mol. The van der Waals surface area contributed by atoms with Gasteiger partial charge in [-0.05, 0) is 32.3 Å². The molecule has 0 aromatic carbocycles. The summed E-state index contributed by atoms with van der Waals surface area (Å²) in [6.45, 7) is 5.97. The number of hydrogen-bond acceptors (Lipinski definition) is 1. The number of unbranched alkanes of at least 4 members (excludes halogenated alkanes) is 1. The molecule has 0 bridgehead atoms. The predicted octanol–water partition coefficient (Wildman–Crippen LogP) is 3.19. The van der Waals surface area contributed by atoms with E-state index in [9.17, 15) is 0 Å². The van der Waals surface area contributed by atoms with E-state index in [4.69, 9.17) is 5.26 Å². The highest BCUT2D eigenvalue weighted by atomic mass is 14.2. The van der Waals surface area contributed by atoms with E-state index < -0.39 is 0 Å². The first-order valence-electron chi connectivity index (χ1n) is 4.03. The first-order valence-corrected chi connectivity index (χ1v) is 4.03. The van der Waals surface area contributed by atoms with Crippen molar-refractivity contribution in [1.82, 2.24) is 0 Å². The minimum absolute atomic E-state index is 0.679. The molecule has 0 atom stereocenters. The molecule has 0 heterocycles. The van der Waals surface area contributed by atoms with Crippen LogP contribution in [0.4, 0.5) is 0 Å². The molecule has 0 N–H and O–H groups in total. The summed E-state index contributed by atoms with van der Waals surface area (Å²) in [6.07, 6.45) is 3.46. The molecule has 60 valence electrons. The minimum Gasteiger partial charge on any atom is -0.192 e. The van der Waals surface area contributed by atoms with Crippen molar-refractivity contribution in [2.45, 2.75) is 40.0 Å². The molecule has 0 aliphatic rings. The van der Waals surface area contributed by atoms with E-state index in [1.807, 2.05) is 6.92 Å². The van der Waals surface area contributed by atoms with Gasteiger partial charge in [-0.15, -0.1) is 5.73 Å². The van der Waals surface area contributed by atoms with Crippen molar-refractivity contribution < 1.29 is 0 Å². The SMILES string of the molecule is CCCCC(C)=C=C(C)C#N.